The third-order valence-corrected chi connectivity index (χ3v) is 5.02. The van der Waals surface area contributed by atoms with E-state index < -0.39 is 0 Å². The molecule has 0 N–H and O–H groups in total. The predicted molar refractivity (Wildman–Crippen MR) is 80.1 cm³/mol. The van der Waals surface area contributed by atoms with Crippen LogP contribution >= 0.6 is 0 Å². The summed E-state index contributed by atoms with van der Waals surface area (Å²) < 4.78 is 4.92. The molecule has 1 saturated carbocycles. The summed E-state index contributed by atoms with van der Waals surface area (Å²) in [6.45, 7) is 1.44. The maximum Gasteiger partial charge on any atom is 0.225 e. The van der Waals surface area contributed by atoms with E-state index >= 15 is 0 Å². The highest BCUT2D eigenvalue weighted by Crippen LogP contribution is 2.40. The van der Waals surface area contributed by atoms with Crippen molar-refractivity contribution < 1.29 is 9.32 Å². The Morgan fingerprint density at radius 3 is 2.55 bits per heavy atom. The Hall–Kier alpha value is -2.17. The smallest absolute Gasteiger partial charge is 0.225 e. The van der Waals surface area contributed by atoms with Gasteiger partial charge in [-0.3, -0.25) is 4.79 Å². The highest BCUT2D eigenvalue weighted by molar-refractivity contribution is 5.80. The second-order valence-electron chi connectivity index (χ2n) is 6.28. The van der Waals surface area contributed by atoms with Crippen LogP contribution in [0.2, 0.25) is 0 Å². The summed E-state index contributed by atoms with van der Waals surface area (Å²) in [6, 6.07) is 10.3. The summed E-state index contributed by atoms with van der Waals surface area (Å²) in [5.74, 6) is 1.60. The molecule has 22 heavy (non-hydrogen) atoms. The van der Waals surface area contributed by atoms with Crippen LogP contribution in [-0.4, -0.2) is 34.0 Å². The molecule has 2 aliphatic rings. The minimum absolute atomic E-state index is 0.116. The molecule has 0 bridgehead atoms. The first-order valence-electron chi connectivity index (χ1n) is 7.93. The first-order chi connectivity index (χ1) is 10.8. The molecule has 1 amide bonds. The molecule has 1 aliphatic heterocycles. The maximum absolute atomic E-state index is 12.6. The van der Waals surface area contributed by atoms with Crippen LogP contribution in [0.1, 0.15) is 42.5 Å². The average Bonchev–Trinajstić information content (AvgIpc) is 3.15. The predicted octanol–water partition coefficient (Wildman–Crippen LogP) is 2.58. The third-order valence-electron chi connectivity index (χ3n) is 5.02. The van der Waals surface area contributed by atoms with Gasteiger partial charge >= 0.3 is 0 Å². The minimum Gasteiger partial charge on any atom is -0.343 e. The molecule has 1 aromatic heterocycles. The normalized spacial score (nSPS) is 25.2. The van der Waals surface area contributed by atoms with Crippen LogP contribution in [0.25, 0.3) is 0 Å². The van der Waals surface area contributed by atoms with Crippen molar-refractivity contribution in [2.45, 2.75) is 31.1 Å². The van der Waals surface area contributed by atoms with Gasteiger partial charge in [0, 0.05) is 30.8 Å². The zero-order valence-corrected chi connectivity index (χ0v) is 12.4. The molecule has 114 valence electrons. The molecule has 2 unspecified atom stereocenters. The van der Waals surface area contributed by atoms with Gasteiger partial charge in [-0.1, -0.05) is 41.9 Å². The molecule has 5 nitrogen and oxygen atoms in total. The van der Waals surface area contributed by atoms with Gasteiger partial charge in [-0.2, -0.15) is 4.98 Å². The van der Waals surface area contributed by atoms with Crippen LogP contribution in [0.4, 0.5) is 0 Å². The Bertz CT molecular complexity index is 637. The third kappa shape index (κ3) is 2.30. The van der Waals surface area contributed by atoms with Crippen LogP contribution in [0.5, 0.6) is 0 Å². The Balaban J connectivity index is 1.61. The van der Waals surface area contributed by atoms with E-state index in [1.165, 1.54) is 18.4 Å². The lowest BCUT2D eigenvalue weighted by Crippen LogP contribution is -2.37. The Morgan fingerprint density at radius 1 is 1.14 bits per heavy atom. The number of amides is 1. The van der Waals surface area contributed by atoms with E-state index in [4.69, 9.17) is 4.52 Å². The van der Waals surface area contributed by atoms with Crippen LogP contribution < -0.4 is 0 Å². The van der Waals surface area contributed by atoms with Crippen LogP contribution in [-0.2, 0) is 4.79 Å². The molecule has 2 aromatic rings. The van der Waals surface area contributed by atoms with Gasteiger partial charge in [-0.05, 0) is 18.4 Å². The number of likely N-dealkylation sites (tertiary alicyclic amines) is 1. The molecule has 4 rings (SSSR count). The maximum atomic E-state index is 12.6. The highest BCUT2D eigenvalue weighted by atomic mass is 16.5. The van der Waals surface area contributed by atoms with E-state index in [1.54, 1.807) is 0 Å². The van der Waals surface area contributed by atoms with Crippen molar-refractivity contribution in [1.29, 1.82) is 0 Å². The Morgan fingerprint density at radius 2 is 1.91 bits per heavy atom. The fraction of sp³-hybridized carbons (Fsp3) is 0.471. The minimum atomic E-state index is 0.116. The second kappa shape index (κ2) is 5.55. The summed E-state index contributed by atoms with van der Waals surface area (Å²) in [5, 5.41) is 4.02. The number of aromatic nitrogens is 2. The molecule has 2 atom stereocenters. The van der Waals surface area contributed by atoms with Crippen LogP contribution in [0, 0.1) is 5.92 Å². The monoisotopic (exact) mass is 297 g/mol. The lowest BCUT2D eigenvalue weighted by Gasteiger charge is -2.29. The number of hydrogen-bond acceptors (Lipinski definition) is 4. The molecule has 1 aromatic carbocycles. The summed E-state index contributed by atoms with van der Waals surface area (Å²) >= 11 is 0. The molecule has 1 aliphatic carbocycles. The summed E-state index contributed by atoms with van der Waals surface area (Å²) in [6.07, 6.45) is 4.63. The van der Waals surface area contributed by atoms with Gasteiger partial charge in [-0.15, -0.1) is 0 Å². The van der Waals surface area contributed by atoms with Crippen LogP contribution in [0.3, 0.4) is 0 Å². The molecule has 5 heteroatoms. The number of carbonyl (C=O) groups is 1. The van der Waals surface area contributed by atoms with E-state index in [2.05, 4.69) is 22.3 Å². The second-order valence-corrected chi connectivity index (χ2v) is 6.28. The molecular formula is C17H19N3O2. The van der Waals surface area contributed by atoms with Crippen molar-refractivity contribution in [2.75, 3.05) is 13.1 Å². The summed E-state index contributed by atoms with van der Waals surface area (Å²) in [4.78, 5) is 18.8. The van der Waals surface area contributed by atoms with Crippen molar-refractivity contribution in [2.24, 2.45) is 5.92 Å². The zero-order chi connectivity index (χ0) is 14.9. The van der Waals surface area contributed by atoms with Gasteiger partial charge in [0.1, 0.15) is 0 Å². The van der Waals surface area contributed by atoms with Gasteiger partial charge in [0.25, 0.3) is 0 Å². The fourth-order valence-corrected chi connectivity index (χ4v) is 3.54. The van der Waals surface area contributed by atoms with Crippen LogP contribution in [0.15, 0.2) is 41.2 Å². The number of carbonyl (C=O) groups excluding carboxylic acids is 1. The number of nitrogens with zero attached hydrogens (tertiary/aromatic N) is 3. The van der Waals surface area contributed by atoms with E-state index in [1.807, 2.05) is 23.1 Å². The lowest BCUT2D eigenvalue weighted by atomic mass is 9.84. The van der Waals surface area contributed by atoms with Gasteiger partial charge in [0.2, 0.25) is 12.3 Å². The molecule has 0 radical (unpaired) electrons. The molecule has 2 fully saturated rings. The number of rotatable bonds is 3. The standard InChI is InChI=1S/C17H19N3O2/c21-17(13-7-4-8-13)20-9-14(12-5-2-1-3-6-12)15(10-20)16-18-11-22-19-16/h1-3,5-6,11,13-15H,4,7-10H2. The van der Waals surface area contributed by atoms with Crippen molar-refractivity contribution in [3.63, 3.8) is 0 Å². The topological polar surface area (TPSA) is 59.2 Å². The van der Waals surface area contributed by atoms with E-state index in [9.17, 15) is 4.79 Å². The van der Waals surface area contributed by atoms with Crippen molar-refractivity contribution in [3.8, 4) is 0 Å². The van der Waals surface area contributed by atoms with Gasteiger partial charge in [-0.25, -0.2) is 0 Å². The molecule has 2 heterocycles. The quantitative estimate of drug-likeness (QED) is 0.873. The van der Waals surface area contributed by atoms with Crippen molar-refractivity contribution >= 4 is 5.91 Å². The molecular weight excluding hydrogens is 278 g/mol. The molecule has 1 saturated heterocycles. The first kappa shape index (κ1) is 13.5. The lowest BCUT2D eigenvalue weighted by molar-refractivity contribution is -0.137. The van der Waals surface area contributed by atoms with Crippen molar-refractivity contribution in [3.05, 3.63) is 48.1 Å². The number of benzene rings is 1. The van der Waals surface area contributed by atoms with E-state index in [0.29, 0.717) is 18.3 Å². The average molecular weight is 297 g/mol. The fourth-order valence-electron chi connectivity index (χ4n) is 3.54. The van der Waals surface area contributed by atoms with E-state index in [-0.39, 0.29) is 17.8 Å². The zero-order valence-electron chi connectivity index (χ0n) is 12.4. The van der Waals surface area contributed by atoms with Gasteiger partial charge in [0.05, 0.1) is 0 Å². The Kier molecular flexibility index (Phi) is 3.41. The van der Waals surface area contributed by atoms with Gasteiger partial charge < -0.3 is 9.42 Å². The SMILES string of the molecule is O=C(C1CCC1)N1CC(c2ccccc2)C(c2ncon2)C1. The Labute approximate surface area is 129 Å². The van der Waals surface area contributed by atoms with E-state index in [0.717, 1.165) is 19.4 Å². The van der Waals surface area contributed by atoms with Crippen molar-refractivity contribution in [1.82, 2.24) is 15.0 Å². The molecule has 0 spiro atoms. The highest BCUT2D eigenvalue weighted by Gasteiger charge is 2.41. The first-order valence-corrected chi connectivity index (χ1v) is 7.93. The largest absolute Gasteiger partial charge is 0.343 e. The van der Waals surface area contributed by atoms with Gasteiger partial charge in [0.15, 0.2) is 5.82 Å². The summed E-state index contributed by atoms with van der Waals surface area (Å²) in [7, 11) is 0. The summed E-state index contributed by atoms with van der Waals surface area (Å²) in [5.41, 5.74) is 1.24. The number of hydrogen-bond donors (Lipinski definition) is 0.